The molecule has 0 aliphatic heterocycles. The van der Waals surface area contributed by atoms with E-state index in [0.717, 1.165) is 25.0 Å². The molecule has 0 aromatic heterocycles. The van der Waals surface area contributed by atoms with Gasteiger partial charge in [-0.15, -0.1) is 0 Å². The van der Waals surface area contributed by atoms with Crippen molar-refractivity contribution >= 4 is 5.91 Å². The van der Waals surface area contributed by atoms with E-state index in [1.165, 1.54) is 5.56 Å². The predicted molar refractivity (Wildman–Crippen MR) is 79.8 cm³/mol. The van der Waals surface area contributed by atoms with Crippen LogP contribution in [-0.4, -0.2) is 25.1 Å². The van der Waals surface area contributed by atoms with Crippen LogP contribution in [-0.2, 0) is 4.79 Å². The molecule has 110 valence electrons. The molecule has 1 aliphatic carbocycles. The van der Waals surface area contributed by atoms with Crippen molar-refractivity contribution in [3.63, 3.8) is 0 Å². The maximum Gasteiger partial charge on any atom is 0.237 e. The molecule has 0 heterocycles. The lowest BCUT2D eigenvalue weighted by Gasteiger charge is -2.22. The number of methoxy groups -OCH3 is 1. The van der Waals surface area contributed by atoms with Gasteiger partial charge >= 0.3 is 0 Å². The average Bonchev–Trinajstić information content (AvgIpc) is 3.28. The van der Waals surface area contributed by atoms with Crippen molar-refractivity contribution in [2.24, 2.45) is 0 Å². The zero-order chi connectivity index (χ0) is 14.5. The Kier molecular flexibility index (Phi) is 5.01. The van der Waals surface area contributed by atoms with Gasteiger partial charge < -0.3 is 10.1 Å². The molecule has 4 nitrogen and oxygen atoms in total. The molecule has 0 radical (unpaired) electrons. The standard InChI is InChI=1S/C16H24N2O2/c1-4-15(12-5-9-14(20-3)10-6-12)17-11(2)16(19)18-13-7-8-13/h5-6,9-11,13,15,17H,4,7-8H2,1-3H3,(H,18,19). The van der Waals surface area contributed by atoms with E-state index in [1.54, 1.807) is 7.11 Å². The Hall–Kier alpha value is -1.55. The molecule has 0 bridgehead atoms. The van der Waals surface area contributed by atoms with Gasteiger partial charge in [0.05, 0.1) is 13.2 Å². The lowest BCUT2D eigenvalue weighted by atomic mass is 10.0. The maximum absolute atomic E-state index is 12.0. The van der Waals surface area contributed by atoms with Crippen LogP contribution in [0.15, 0.2) is 24.3 Å². The summed E-state index contributed by atoms with van der Waals surface area (Å²) in [5.74, 6) is 0.947. The van der Waals surface area contributed by atoms with Crippen molar-refractivity contribution in [1.29, 1.82) is 0 Å². The predicted octanol–water partition coefficient (Wildman–Crippen LogP) is 2.40. The van der Waals surface area contributed by atoms with Gasteiger partial charge in [-0.1, -0.05) is 19.1 Å². The maximum atomic E-state index is 12.0. The summed E-state index contributed by atoms with van der Waals surface area (Å²) in [7, 11) is 1.66. The Balaban J connectivity index is 1.94. The zero-order valence-corrected chi connectivity index (χ0v) is 12.5. The molecular weight excluding hydrogens is 252 g/mol. The Labute approximate surface area is 120 Å². The van der Waals surface area contributed by atoms with Gasteiger partial charge in [0.2, 0.25) is 5.91 Å². The molecule has 2 atom stereocenters. The third-order valence-electron chi connectivity index (χ3n) is 3.69. The highest BCUT2D eigenvalue weighted by Gasteiger charge is 2.26. The molecule has 0 saturated heterocycles. The third-order valence-corrected chi connectivity index (χ3v) is 3.69. The molecule has 20 heavy (non-hydrogen) atoms. The molecule has 2 N–H and O–H groups in total. The van der Waals surface area contributed by atoms with Gasteiger partial charge in [0.15, 0.2) is 0 Å². The van der Waals surface area contributed by atoms with E-state index in [1.807, 2.05) is 31.2 Å². The second-order valence-corrected chi connectivity index (χ2v) is 5.41. The molecule has 2 rings (SSSR count). The van der Waals surface area contributed by atoms with Crippen LogP contribution in [0.5, 0.6) is 5.75 Å². The van der Waals surface area contributed by atoms with Crippen LogP contribution in [0, 0.1) is 0 Å². The summed E-state index contributed by atoms with van der Waals surface area (Å²) in [6.07, 6.45) is 3.18. The van der Waals surface area contributed by atoms with E-state index in [-0.39, 0.29) is 18.0 Å². The van der Waals surface area contributed by atoms with Crippen molar-refractivity contribution in [2.45, 2.75) is 51.2 Å². The van der Waals surface area contributed by atoms with Crippen molar-refractivity contribution in [3.8, 4) is 5.75 Å². The van der Waals surface area contributed by atoms with Gasteiger partial charge in [0.1, 0.15) is 5.75 Å². The monoisotopic (exact) mass is 276 g/mol. The van der Waals surface area contributed by atoms with Crippen molar-refractivity contribution in [2.75, 3.05) is 7.11 Å². The lowest BCUT2D eigenvalue weighted by molar-refractivity contribution is -0.123. The number of nitrogens with one attached hydrogen (secondary N) is 2. The highest BCUT2D eigenvalue weighted by Crippen LogP contribution is 2.21. The fraction of sp³-hybridized carbons (Fsp3) is 0.562. The van der Waals surface area contributed by atoms with Crippen LogP contribution >= 0.6 is 0 Å². The fourth-order valence-electron chi connectivity index (χ4n) is 2.22. The fourth-order valence-corrected chi connectivity index (χ4v) is 2.22. The number of hydrogen-bond donors (Lipinski definition) is 2. The first-order valence-corrected chi connectivity index (χ1v) is 7.34. The molecule has 0 spiro atoms. The minimum atomic E-state index is -0.178. The number of ether oxygens (including phenoxy) is 1. The zero-order valence-electron chi connectivity index (χ0n) is 12.5. The summed E-state index contributed by atoms with van der Waals surface area (Å²) in [5.41, 5.74) is 1.18. The first-order valence-electron chi connectivity index (χ1n) is 7.34. The topological polar surface area (TPSA) is 50.4 Å². The van der Waals surface area contributed by atoms with E-state index >= 15 is 0 Å². The molecule has 1 amide bonds. The summed E-state index contributed by atoms with van der Waals surface area (Å²) in [4.78, 5) is 12.0. The summed E-state index contributed by atoms with van der Waals surface area (Å²) in [5, 5.41) is 6.43. The van der Waals surface area contributed by atoms with E-state index in [2.05, 4.69) is 17.6 Å². The molecule has 1 aliphatic rings. The summed E-state index contributed by atoms with van der Waals surface area (Å²) >= 11 is 0. The Morgan fingerprint density at radius 3 is 2.50 bits per heavy atom. The SMILES string of the molecule is CCC(NC(C)C(=O)NC1CC1)c1ccc(OC)cc1. The van der Waals surface area contributed by atoms with E-state index in [4.69, 9.17) is 4.74 Å². The highest BCUT2D eigenvalue weighted by molar-refractivity contribution is 5.81. The number of benzene rings is 1. The summed E-state index contributed by atoms with van der Waals surface area (Å²) in [6, 6.07) is 8.41. The second kappa shape index (κ2) is 6.75. The largest absolute Gasteiger partial charge is 0.497 e. The molecule has 1 aromatic rings. The van der Waals surface area contributed by atoms with E-state index in [0.29, 0.717) is 6.04 Å². The normalized spacial score (nSPS) is 17.4. The Morgan fingerprint density at radius 2 is 2.00 bits per heavy atom. The van der Waals surface area contributed by atoms with Gasteiger partial charge in [-0.3, -0.25) is 10.1 Å². The Bertz CT molecular complexity index is 440. The number of rotatable bonds is 7. The molecular formula is C16H24N2O2. The van der Waals surface area contributed by atoms with Gasteiger partial charge in [-0.05, 0) is 43.9 Å². The quantitative estimate of drug-likeness (QED) is 0.804. The lowest BCUT2D eigenvalue weighted by Crippen LogP contribution is -2.44. The third kappa shape index (κ3) is 3.97. The average molecular weight is 276 g/mol. The number of amides is 1. The second-order valence-electron chi connectivity index (χ2n) is 5.41. The summed E-state index contributed by atoms with van der Waals surface area (Å²) in [6.45, 7) is 4.04. The van der Waals surface area contributed by atoms with Crippen LogP contribution < -0.4 is 15.4 Å². The van der Waals surface area contributed by atoms with Gasteiger partial charge in [-0.25, -0.2) is 0 Å². The molecule has 1 fully saturated rings. The van der Waals surface area contributed by atoms with Gasteiger partial charge in [0, 0.05) is 12.1 Å². The van der Waals surface area contributed by atoms with Crippen LogP contribution in [0.3, 0.4) is 0 Å². The number of carbonyl (C=O) groups excluding carboxylic acids is 1. The molecule has 1 saturated carbocycles. The minimum Gasteiger partial charge on any atom is -0.497 e. The van der Waals surface area contributed by atoms with Crippen molar-refractivity contribution in [3.05, 3.63) is 29.8 Å². The molecule has 2 unspecified atom stereocenters. The number of hydrogen-bond acceptors (Lipinski definition) is 3. The van der Waals surface area contributed by atoms with Crippen LogP contribution in [0.1, 0.15) is 44.7 Å². The van der Waals surface area contributed by atoms with Crippen LogP contribution in [0.2, 0.25) is 0 Å². The van der Waals surface area contributed by atoms with Crippen LogP contribution in [0.25, 0.3) is 0 Å². The summed E-state index contributed by atoms with van der Waals surface area (Å²) < 4.78 is 5.17. The van der Waals surface area contributed by atoms with Crippen LogP contribution in [0.4, 0.5) is 0 Å². The minimum absolute atomic E-state index is 0.0967. The van der Waals surface area contributed by atoms with E-state index < -0.39 is 0 Å². The van der Waals surface area contributed by atoms with Gasteiger partial charge in [-0.2, -0.15) is 0 Å². The smallest absolute Gasteiger partial charge is 0.237 e. The first-order chi connectivity index (χ1) is 9.63. The number of carbonyl (C=O) groups is 1. The first kappa shape index (κ1) is 14.9. The Morgan fingerprint density at radius 1 is 1.35 bits per heavy atom. The van der Waals surface area contributed by atoms with Gasteiger partial charge in [0.25, 0.3) is 0 Å². The van der Waals surface area contributed by atoms with Crippen molar-refractivity contribution < 1.29 is 9.53 Å². The molecule has 1 aromatic carbocycles. The van der Waals surface area contributed by atoms with E-state index in [9.17, 15) is 4.79 Å². The van der Waals surface area contributed by atoms with Crippen molar-refractivity contribution in [1.82, 2.24) is 10.6 Å². The molecule has 4 heteroatoms. The highest BCUT2D eigenvalue weighted by atomic mass is 16.5.